The summed E-state index contributed by atoms with van der Waals surface area (Å²) in [4.78, 5) is 29.9. The first-order valence-electron chi connectivity index (χ1n) is 15.1. The summed E-state index contributed by atoms with van der Waals surface area (Å²) < 4.78 is 35.3. The second kappa shape index (κ2) is 15.7. The smallest absolute Gasteiger partial charge is 0.264 e. The maximum Gasteiger partial charge on any atom is 0.264 e. The number of ether oxygens (including phenoxy) is 1. The van der Waals surface area contributed by atoms with Crippen molar-refractivity contribution in [2.24, 2.45) is 0 Å². The molecule has 4 rings (SSSR count). The number of aryl methyl sites for hydroxylation is 2. The van der Waals surface area contributed by atoms with E-state index in [1.165, 1.54) is 24.1 Å². The van der Waals surface area contributed by atoms with Crippen LogP contribution in [-0.4, -0.2) is 50.9 Å². The first-order chi connectivity index (χ1) is 22.3. The molecule has 0 heterocycles. The SMILES string of the molecule is COc1ccc(C)cc1N(CC(=O)N(Cc1ccc(Cl)cc1Cl)[C@H](Cc1ccccc1)C(=O)NC(C)C)S(=O)(=O)c1ccc(C)cc1. The molecule has 2 amide bonds. The second-order valence-electron chi connectivity index (χ2n) is 11.6. The molecular formula is C36H39Cl2N3O5S. The van der Waals surface area contributed by atoms with Crippen LogP contribution < -0.4 is 14.4 Å². The largest absolute Gasteiger partial charge is 0.495 e. The van der Waals surface area contributed by atoms with Crippen LogP contribution in [0.3, 0.4) is 0 Å². The maximum absolute atomic E-state index is 14.7. The fourth-order valence-electron chi connectivity index (χ4n) is 5.11. The molecule has 4 aromatic carbocycles. The third-order valence-corrected chi connectivity index (χ3v) is 9.91. The number of carbonyl (C=O) groups is 2. The summed E-state index contributed by atoms with van der Waals surface area (Å²) in [5, 5.41) is 3.66. The number of sulfonamides is 1. The van der Waals surface area contributed by atoms with E-state index in [1.54, 1.807) is 48.5 Å². The number of methoxy groups -OCH3 is 1. The summed E-state index contributed by atoms with van der Waals surface area (Å²) >= 11 is 12.8. The van der Waals surface area contributed by atoms with E-state index in [2.05, 4.69) is 5.32 Å². The van der Waals surface area contributed by atoms with Crippen molar-refractivity contribution in [3.63, 3.8) is 0 Å². The molecule has 1 atom stereocenters. The number of amides is 2. The summed E-state index contributed by atoms with van der Waals surface area (Å²) in [7, 11) is -2.86. The highest BCUT2D eigenvalue weighted by atomic mass is 35.5. The van der Waals surface area contributed by atoms with Gasteiger partial charge in [0.15, 0.2) is 0 Å². The van der Waals surface area contributed by atoms with Gasteiger partial charge in [0.25, 0.3) is 10.0 Å². The molecule has 11 heteroatoms. The molecule has 0 spiro atoms. The van der Waals surface area contributed by atoms with Gasteiger partial charge in [-0.15, -0.1) is 0 Å². The van der Waals surface area contributed by atoms with Crippen molar-refractivity contribution in [3.8, 4) is 5.75 Å². The Morgan fingerprint density at radius 1 is 0.872 bits per heavy atom. The number of hydrogen-bond acceptors (Lipinski definition) is 5. The van der Waals surface area contributed by atoms with E-state index in [-0.39, 0.29) is 41.2 Å². The Morgan fingerprint density at radius 3 is 2.15 bits per heavy atom. The minimum Gasteiger partial charge on any atom is -0.495 e. The Morgan fingerprint density at radius 2 is 1.53 bits per heavy atom. The molecule has 0 unspecified atom stereocenters. The van der Waals surface area contributed by atoms with Crippen LogP contribution in [0.5, 0.6) is 5.75 Å². The number of anilines is 1. The highest BCUT2D eigenvalue weighted by molar-refractivity contribution is 7.92. The fourth-order valence-corrected chi connectivity index (χ4v) is 7.00. The van der Waals surface area contributed by atoms with Crippen LogP contribution in [0.2, 0.25) is 10.0 Å². The predicted octanol–water partition coefficient (Wildman–Crippen LogP) is 6.98. The summed E-state index contributed by atoms with van der Waals surface area (Å²) in [5.41, 5.74) is 3.20. The van der Waals surface area contributed by atoms with Crippen LogP contribution in [-0.2, 0) is 32.6 Å². The van der Waals surface area contributed by atoms with Gasteiger partial charge in [0.2, 0.25) is 11.8 Å². The molecule has 0 saturated carbocycles. The molecule has 0 radical (unpaired) electrons. The molecule has 0 bridgehead atoms. The van der Waals surface area contributed by atoms with Gasteiger partial charge in [-0.2, -0.15) is 0 Å². The third kappa shape index (κ3) is 9.06. The minimum absolute atomic E-state index is 0.00476. The average Bonchev–Trinajstić information content (AvgIpc) is 3.02. The van der Waals surface area contributed by atoms with E-state index < -0.39 is 28.5 Å². The van der Waals surface area contributed by atoms with E-state index >= 15 is 0 Å². The Kier molecular flexibility index (Phi) is 12.0. The zero-order valence-electron chi connectivity index (χ0n) is 27.0. The Bertz CT molecular complexity index is 1820. The van der Waals surface area contributed by atoms with Gasteiger partial charge in [-0.05, 0) is 80.8 Å². The average molecular weight is 697 g/mol. The lowest BCUT2D eigenvalue weighted by Crippen LogP contribution is -2.54. The first kappa shape index (κ1) is 35.8. The monoisotopic (exact) mass is 695 g/mol. The maximum atomic E-state index is 14.7. The van der Waals surface area contributed by atoms with Crippen molar-refractivity contribution in [1.29, 1.82) is 0 Å². The summed E-state index contributed by atoms with van der Waals surface area (Å²) in [5.74, 6) is -0.733. The molecule has 248 valence electrons. The van der Waals surface area contributed by atoms with Crippen LogP contribution in [0.25, 0.3) is 0 Å². The molecule has 1 N–H and O–H groups in total. The van der Waals surface area contributed by atoms with Gasteiger partial charge in [-0.1, -0.05) is 83.4 Å². The predicted molar refractivity (Wildman–Crippen MR) is 188 cm³/mol. The number of hydrogen-bond donors (Lipinski definition) is 1. The quantitative estimate of drug-likeness (QED) is 0.163. The standard InChI is InChI=1S/C36H39Cl2N3O5S/c1-24(2)39-36(43)33(20-27-9-7-6-8-10-27)40(22-28-14-15-29(37)21-31(28)38)35(42)23-41(32-19-26(4)13-18-34(32)46-5)47(44,45)30-16-11-25(3)12-17-30/h6-19,21,24,33H,20,22-23H2,1-5H3,(H,39,43)/t33-/m1/s1. The van der Waals surface area contributed by atoms with Crippen molar-refractivity contribution in [2.75, 3.05) is 18.0 Å². The van der Waals surface area contributed by atoms with Crippen molar-refractivity contribution >= 4 is 50.7 Å². The lowest BCUT2D eigenvalue weighted by Gasteiger charge is -2.34. The topological polar surface area (TPSA) is 96.0 Å². The Labute approximate surface area is 287 Å². The molecular weight excluding hydrogens is 657 g/mol. The number of nitrogens with zero attached hydrogens (tertiary/aromatic N) is 2. The third-order valence-electron chi connectivity index (χ3n) is 7.55. The second-order valence-corrected chi connectivity index (χ2v) is 14.3. The van der Waals surface area contributed by atoms with Gasteiger partial charge in [-0.3, -0.25) is 13.9 Å². The molecule has 0 aliphatic heterocycles. The number of halogens is 2. The zero-order valence-corrected chi connectivity index (χ0v) is 29.4. The van der Waals surface area contributed by atoms with E-state index in [4.69, 9.17) is 27.9 Å². The van der Waals surface area contributed by atoms with Gasteiger partial charge >= 0.3 is 0 Å². The Hall–Kier alpha value is -4.05. The number of rotatable bonds is 13. The molecule has 0 aliphatic carbocycles. The van der Waals surface area contributed by atoms with Crippen molar-refractivity contribution < 1.29 is 22.7 Å². The van der Waals surface area contributed by atoms with Crippen LogP contribution in [0.4, 0.5) is 5.69 Å². The van der Waals surface area contributed by atoms with Gasteiger partial charge in [-0.25, -0.2) is 8.42 Å². The normalized spacial score (nSPS) is 12.0. The molecule has 0 fully saturated rings. The molecule has 0 aromatic heterocycles. The van der Waals surface area contributed by atoms with Crippen molar-refractivity contribution in [3.05, 3.63) is 123 Å². The van der Waals surface area contributed by atoms with Crippen molar-refractivity contribution in [2.45, 2.75) is 57.6 Å². The van der Waals surface area contributed by atoms with Gasteiger partial charge in [0.1, 0.15) is 18.3 Å². The lowest BCUT2D eigenvalue weighted by molar-refractivity contribution is -0.140. The molecule has 0 saturated heterocycles. The highest BCUT2D eigenvalue weighted by Gasteiger charge is 2.36. The van der Waals surface area contributed by atoms with Crippen LogP contribution in [0, 0.1) is 13.8 Å². The van der Waals surface area contributed by atoms with E-state index in [0.29, 0.717) is 15.6 Å². The molecule has 8 nitrogen and oxygen atoms in total. The van der Waals surface area contributed by atoms with Crippen LogP contribution in [0.15, 0.2) is 95.9 Å². The van der Waals surface area contributed by atoms with E-state index in [1.807, 2.05) is 58.0 Å². The minimum atomic E-state index is -4.30. The van der Waals surface area contributed by atoms with Crippen molar-refractivity contribution in [1.82, 2.24) is 10.2 Å². The first-order valence-corrected chi connectivity index (χ1v) is 17.3. The summed E-state index contributed by atoms with van der Waals surface area (Å²) in [6.45, 7) is 6.64. The van der Waals surface area contributed by atoms with Crippen LogP contribution >= 0.6 is 23.2 Å². The zero-order chi connectivity index (χ0) is 34.3. The van der Waals surface area contributed by atoms with Gasteiger partial charge < -0.3 is 15.0 Å². The summed E-state index contributed by atoms with van der Waals surface area (Å²) in [6.07, 6.45) is 0.175. The number of carbonyl (C=O) groups excluding carboxylic acids is 2. The Balaban J connectivity index is 1.87. The lowest BCUT2D eigenvalue weighted by atomic mass is 10.0. The molecule has 0 aliphatic rings. The fraction of sp³-hybridized carbons (Fsp3) is 0.278. The van der Waals surface area contributed by atoms with E-state index in [0.717, 1.165) is 21.0 Å². The van der Waals surface area contributed by atoms with Gasteiger partial charge in [0, 0.05) is 29.1 Å². The summed E-state index contributed by atoms with van der Waals surface area (Å²) in [6, 6.07) is 24.5. The molecule has 4 aromatic rings. The van der Waals surface area contributed by atoms with E-state index in [9.17, 15) is 18.0 Å². The number of benzene rings is 4. The number of nitrogens with one attached hydrogen (secondary N) is 1. The highest BCUT2D eigenvalue weighted by Crippen LogP contribution is 2.34. The van der Waals surface area contributed by atoms with Gasteiger partial charge in [0.05, 0.1) is 17.7 Å². The molecule has 47 heavy (non-hydrogen) atoms. The van der Waals surface area contributed by atoms with Crippen LogP contribution in [0.1, 0.15) is 36.1 Å².